The van der Waals surface area contributed by atoms with Gasteiger partial charge in [0.25, 0.3) is 0 Å². The van der Waals surface area contributed by atoms with E-state index in [1.165, 1.54) is 0 Å². The molecule has 0 atom stereocenters. The van der Waals surface area contributed by atoms with Crippen molar-refractivity contribution in [3.8, 4) is 0 Å². The molecule has 0 aliphatic rings. The summed E-state index contributed by atoms with van der Waals surface area (Å²) in [6, 6.07) is 6.48. The van der Waals surface area contributed by atoms with Gasteiger partial charge in [0.2, 0.25) is 0 Å². The zero-order chi connectivity index (χ0) is 8.10. The number of nitrogens with zero attached hydrogens (tertiary/aromatic N) is 1. The van der Waals surface area contributed by atoms with Gasteiger partial charge in [0, 0.05) is 20.2 Å². The topological polar surface area (TPSA) is 24.9 Å². The van der Waals surface area contributed by atoms with Crippen molar-refractivity contribution >= 4 is 0 Å². The normalized spacial score (nSPS) is 10.5. The van der Waals surface area contributed by atoms with Crippen LogP contribution in [0.3, 0.4) is 0 Å². The Morgan fingerprint density at radius 1 is 1.55 bits per heavy atom. The molecule has 0 amide bonds. The third-order valence-electron chi connectivity index (χ3n) is 1.42. The highest BCUT2D eigenvalue weighted by Gasteiger charge is 1.93. The number of nitrogens with one attached hydrogen (secondary N) is 1. The molecule has 0 aliphatic carbocycles. The van der Waals surface area contributed by atoms with Crippen molar-refractivity contribution in [2.45, 2.75) is 26.4 Å². The van der Waals surface area contributed by atoms with Gasteiger partial charge < -0.3 is 5.32 Å². The van der Waals surface area contributed by atoms with Gasteiger partial charge in [-0.2, -0.15) is 0 Å². The highest BCUT2D eigenvalue weighted by molar-refractivity contribution is 5.02. The number of hydrogen-bond acceptors (Lipinski definition) is 2. The molecule has 2 nitrogen and oxygen atoms in total. The van der Waals surface area contributed by atoms with Crippen LogP contribution in [0.4, 0.5) is 0 Å². The lowest BCUT2D eigenvalue weighted by Gasteiger charge is -2.06. The van der Waals surface area contributed by atoms with E-state index in [-0.39, 0.29) is 1.43 Å². The molecule has 1 aromatic heterocycles. The predicted molar refractivity (Wildman–Crippen MR) is 48.3 cm³/mol. The molecule has 0 bridgehead atoms. The second kappa shape index (κ2) is 4.09. The van der Waals surface area contributed by atoms with Crippen molar-refractivity contribution in [2.75, 3.05) is 0 Å². The molecule has 1 N–H and O–H groups in total. The minimum absolute atomic E-state index is 0. The first-order chi connectivity index (χ1) is 5.29. The Hall–Kier alpha value is -0.890. The van der Waals surface area contributed by atoms with Crippen LogP contribution < -0.4 is 5.32 Å². The van der Waals surface area contributed by atoms with Crippen molar-refractivity contribution in [1.29, 1.82) is 0 Å². The van der Waals surface area contributed by atoms with Crippen molar-refractivity contribution in [2.24, 2.45) is 0 Å². The highest BCUT2D eigenvalue weighted by atomic mass is 14.9. The average molecular weight is 152 g/mol. The molecule has 0 unspecified atom stereocenters. The van der Waals surface area contributed by atoms with Gasteiger partial charge in [-0.15, -0.1) is 0 Å². The van der Waals surface area contributed by atoms with Crippen molar-refractivity contribution in [3.05, 3.63) is 30.1 Å². The molecule has 11 heavy (non-hydrogen) atoms. The third kappa shape index (κ3) is 3.14. The molecular formula is C9H16N2. The summed E-state index contributed by atoms with van der Waals surface area (Å²) in [6.07, 6.45) is 1.82. The Labute approximate surface area is 69.1 Å². The van der Waals surface area contributed by atoms with Gasteiger partial charge in [-0.3, -0.25) is 4.98 Å². The Balaban J connectivity index is 0.00000121. The maximum absolute atomic E-state index is 4.19. The molecule has 1 aromatic rings. The summed E-state index contributed by atoms with van der Waals surface area (Å²) in [5, 5.41) is 3.30. The van der Waals surface area contributed by atoms with E-state index in [2.05, 4.69) is 24.1 Å². The van der Waals surface area contributed by atoms with Crippen LogP contribution in [0.2, 0.25) is 0 Å². The quantitative estimate of drug-likeness (QED) is 0.714. The van der Waals surface area contributed by atoms with Gasteiger partial charge in [0.15, 0.2) is 0 Å². The lowest BCUT2D eigenvalue weighted by molar-refractivity contribution is 0.581. The number of rotatable bonds is 3. The molecule has 0 saturated carbocycles. The molecule has 0 saturated heterocycles. The van der Waals surface area contributed by atoms with Crippen LogP contribution >= 0.6 is 0 Å². The first kappa shape index (κ1) is 8.21. The van der Waals surface area contributed by atoms with E-state index in [4.69, 9.17) is 0 Å². The van der Waals surface area contributed by atoms with E-state index in [0.29, 0.717) is 6.04 Å². The Kier molecular flexibility index (Phi) is 3.05. The van der Waals surface area contributed by atoms with E-state index in [1.807, 2.05) is 24.4 Å². The fraction of sp³-hybridized carbons (Fsp3) is 0.444. The van der Waals surface area contributed by atoms with Crippen LogP contribution in [0.5, 0.6) is 0 Å². The second-order valence-corrected chi connectivity index (χ2v) is 2.86. The van der Waals surface area contributed by atoms with Gasteiger partial charge in [0.1, 0.15) is 0 Å². The molecule has 0 fully saturated rings. The van der Waals surface area contributed by atoms with Crippen LogP contribution in [0.15, 0.2) is 24.4 Å². The van der Waals surface area contributed by atoms with E-state index in [0.717, 1.165) is 12.2 Å². The van der Waals surface area contributed by atoms with Crippen LogP contribution in [0.25, 0.3) is 0 Å². The van der Waals surface area contributed by atoms with Gasteiger partial charge in [-0.05, 0) is 12.1 Å². The highest BCUT2D eigenvalue weighted by Crippen LogP contribution is 1.92. The maximum Gasteiger partial charge on any atom is 0.0541 e. The molecule has 2 heteroatoms. The number of hydrogen-bond donors (Lipinski definition) is 1. The lowest BCUT2D eigenvalue weighted by atomic mass is 10.3. The first-order valence-corrected chi connectivity index (χ1v) is 3.92. The van der Waals surface area contributed by atoms with Gasteiger partial charge in [-0.1, -0.05) is 19.9 Å². The predicted octanol–water partition coefficient (Wildman–Crippen LogP) is 1.83. The molecule has 0 radical (unpaired) electrons. The minimum Gasteiger partial charge on any atom is -0.309 e. The smallest absolute Gasteiger partial charge is 0.0541 e. The van der Waals surface area contributed by atoms with E-state index < -0.39 is 0 Å². The standard InChI is InChI=1S/C9H14N2.H2/c1-8(2)11-7-9-5-3-4-6-10-9;/h3-6,8,11H,7H2,1-2H3;1H. The Morgan fingerprint density at radius 2 is 2.36 bits per heavy atom. The fourth-order valence-electron chi connectivity index (χ4n) is 0.811. The fourth-order valence-corrected chi connectivity index (χ4v) is 0.811. The summed E-state index contributed by atoms with van der Waals surface area (Å²) < 4.78 is 0. The van der Waals surface area contributed by atoms with Crippen LogP contribution in [-0.2, 0) is 6.54 Å². The molecular weight excluding hydrogens is 136 g/mol. The summed E-state index contributed by atoms with van der Waals surface area (Å²) >= 11 is 0. The summed E-state index contributed by atoms with van der Waals surface area (Å²) in [6.45, 7) is 5.12. The largest absolute Gasteiger partial charge is 0.309 e. The summed E-state index contributed by atoms with van der Waals surface area (Å²) in [5.74, 6) is 0. The first-order valence-electron chi connectivity index (χ1n) is 3.92. The van der Waals surface area contributed by atoms with Gasteiger partial charge >= 0.3 is 0 Å². The van der Waals surface area contributed by atoms with Crippen molar-refractivity contribution in [1.82, 2.24) is 10.3 Å². The molecule has 1 rings (SSSR count). The monoisotopic (exact) mass is 152 g/mol. The van der Waals surface area contributed by atoms with Crippen LogP contribution in [0, 0.1) is 0 Å². The van der Waals surface area contributed by atoms with Crippen LogP contribution in [0.1, 0.15) is 21.0 Å². The molecule has 0 aromatic carbocycles. The zero-order valence-electron chi connectivity index (χ0n) is 7.04. The lowest BCUT2D eigenvalue weighted by Crippen LogP contribution is -2.22. The SMILES string of the molecule is CC(C)NCc1ccccn1.[HH]. The number of pyridine rings is 1. The van der Waals surface area contributed by atoms with Gasteiger partial charge in [0.05, 0.1) is 5.69 Å². The number of aromatic nitrogens is 1. The van der Waals surface area contributed by atoms with E-state index in [1.54, 1.807) is 0 Å². The van der Waals surface area contributed by atoms with Crippen LogP contribution in [-0.4, -0.2) is 11.0 Å². The summed E-state index contributed by atoms with van der Waals surface area (Å²) in [4.78, 5) is 4.19. The summed E-state index contributed by atoms with van der Waals surface area (Å²) in [5.41, 5.74) is 1.10. The summed E-state index contributed by atoms with van der Waals surface area (Å²) in [7, 11) is 0. The zero-order valence-corrected chi connectivity index (χ0v) is 7.04. The van der Waals surface area contributed by atoms with Gasteiger partial charge in [-0.25, -0.2) is 0 Å². The molecule has 0 spiro atoms. The second-order valence-electron chi connectivity index (χ2n) is 2.86. The Bertz CT molecular complexity index is 199. The molecule has 0 aliphatic heterocycles. The Morgan fingerprint density at radius 3 is 2.91 bits per heavy atom. The van der Waals surface area contributed by atoms with E-state index in [9.17, 15) is 0 Å². The van der Waals surface area contributed by atoms with Crippen molar-refractivity contribution in [3.63, 3.8) is 0 Å². The van der Waals surface area contributed by atoms with Crippen molar-refractivity contribution < 1.29 is 1.43 Å². The van der Waals surface area contributed by atoms with E-state index >= 15 is 0 Å². The minimum atomic E-state index is 0. The third-order valence-corrected chi connectivity index (χ3v) is 1.42. The molecule has 62 valence electrons. The molecule has 1 heterocycles. The maximum atomic E-state index is 4.19. The average Bonchev–Trinajstić information content (AvgIpc) is 2.03.